The molecule has 0 spiro atoms. The molecule has 2 aromatic rings. The molecule has 0 fully saturated rings. The molecule has 0 saturated heterocycles. The van der Waals surface area contributed by atoms with Gasteiger partial charge in [0.25, 0.3) is 0 Å². The lowest BCUT2D eigenvalue weighted by Gasteiger charge is -2.04. The number of hydrogen-bond acceptors (Lipinski definition) is 4. The number of rotatable bonds is 3. The van der Waals surface area contributed by atoms with Gasteiger partial charge in [-0.2, -0.15) is 5.10 Å². The van der Waals surface area contributed by atoms with Crippen LogP contribution in [0.2, 0.25) is 5.02 Å². The van der Waals surface area contributed by atoms with Crippen LogP contribution in [-0.2, 0) is 9.53 Å². The minimum absolute atomic E-state index is 0.155. The fourth-order valence-electron chi connectivity index (χ4n) is 1.82. The van der Waals surface area contributed by atoms with Crippen molar-refractivity contribution < 1.29 is 14.3 Å². The molecule has 2 rings (SSSR count). The van der Waals surface area contributed by atoms with Crippen LogP contribution in [0.25, 0.3) is 5.69 Å². The minimum Gasteiger partial charge on any atom is -0.461 e. The highest BCUT2D eigenvalue weighted by molar-refractivity contribution is 6.34. The summed E-state index contributed by atoms with van der Waals surface area (Å²) in [5, 5.41) is 4.58. The zero-order valence-corrected chi connectivity index (χ0v) is 13.8. The van der Waals surface area contributed by atoms with Crippen molar-refractivity contribution in [2.24, 2.45) is 0 Å². The Hall–Kier alpha value is -2.14. The van der Waals surface area contributed by atoms with Crippen LogP contribution in [0, 0.1) is 13.8 Å². The number of aromatic nitrogens is 2. The zero-order valence-electron chi connectivity index (χ0n) is 13.1. The van der Waals surface area contributed by atoms with Crippen molar-refractivity contribution in [3.8, 4) is 5.69 Å². The summed E-state index contributed by atoms with van der Waals surface area (Å²) in [5.74, 6) is -0.498. The molecule has 0 aliphatic rings. The molecule has 0 bridgehead atoms. The summed E-state index contributed by atoms with van der Waals surface area (Å²) in [6.07, 6.45) is 0.750. The van der Waals surface area contributed by atoms with E-state index in [1.807, 2.05) is 38.1 Å². The number of halogens is 1. The van der Waals surface area contributed by atoms with E-state index in [1.54, 1.807) is 11.6 Å². The molecule has 1 aromatic heterocycles. The van der Waals surface area contributed by atoms with E-state index in [0.717, 1.165) is 23.2 Å². The predicted molar refractivity (Wildman–Crippen MR) is 85.7 cm³/mol. The van der Waals surface area contributed by atoms with Gasteiger partial charge < -0.3 is 9.53 Å². The third-order valence-electron chi connectivity index (χ3n) is 2.76. The quantitative estimate of drug-likeness (QED) is 0.640. The molecule has 5 nitrogen and oxygen atoms in total. The minimum atomic E-state index is -0.498. The van der Waals surface area contributed by atoms with Gasteiger partial charge in [0.1, 0.15) is 6.29 Å². The summed E-state index contributed by atoms with van der Waals surface area (Å²) in [5.41, 5.74) is 2.86. The normalized spacial score (nSPS) is 9.68. The molecule has 0 atom stereocenters. The monoisotopic (exact) mass is 322 g/mol. The number of benzene rings is 1. The van der Waals surface area contributed by atoms with Gasteiger partial charge in [-0.3, -0.25) is 0 Å². The highest BCUT2D eigenvalue weighted by atomic mass is 35.5. The van der Waals surface area contributed by atoms with Gasteiger partial charge in [0, 0.05) is 0 Å². The van der Waals surface area contributed by atoms with Crippen LogP contribution in [0.4, 0.5) is 0 Å². The first-order chi connectivity index (χ1) is 10.5. The van der Waals surface area contributed by atoms with E-state index in [4.69, 9.17) is 21.1 Å². The van der Waals surface area contributed by atoms with Crippen LogP contribution in [0.15, 0.2) is 24.3 Å². The molecule has 0 aliphatic carbocycles. The Balaban J connectivity index is 0.000000745. The van der Waals surface area contributed by atoms with E-state index in [-0.39, 0.29) is 5.69 Å². The first-order valence-corrected chi connectivity index (χ1v) is 7.23. The molecular weight excluding hydrogens is 304 g/mol. The average Bonchev–Trinajstić information content (AvgIpc) is 2.77. The number of esters is 1. The summed E-state index contributed by atoms with van der Waals surface area (Å²) >= 11 is 6.15. The van der Waals surface area contributed by atoms with E-state index >= 15 is 0 Å². The largest absolute Gasteiger partial charge is 0.461 e. The van der Waals surface area contributed by atoms with Gasteiger partial charge in [0.15, 0.2) is 5.69 Å². The van der Waals surface area contributed by atoms with Gasteiger partial charge in [-0.15, -0.1) is 0 Å². The first kappa shape index (κ1) is 17.9. The Morgan fingerprint density at radius 3 is 2.59 bits per heavy atom. The topological polar surface area (TPSA) is 61.2 Å². The number of aldehydes is 1. The first-order valence-electron chi connectivity index (χ1n) is 6.85. The Bertz CT molecular complexity index is 665. The summed E-state index contributed by atoms with van der Waals surface area (Å²) in [4.78, 5) is 20.6. The Kier molecular flexibility index (Phi) is 6.79. The van der Waals surface area contributed by atoms with Crippen LogP contribution < -0.4 is 0 Å². The molecule has 0 saturated carbocycles. The summed E-state index contributed by atoms with van der Waals surface area (Å²) < 4.78 is 6.59. The SMILES string of the molecule is CC=O.CCOC(=O)c1nn(-c2cccc(C)c2)c(C)c1Cl. The molecule has 0 radical (unpaired) electrons. The van der Waals surface area contributed by atoms with Crippen molar-refractivity contribution in [1.29, 1.82) is 0 Å². The lowest BCUT2D eigenvalue weighted by atomic mass is 10.2. The van der Waals surface area contributed by atoms with Crippen molar-refractivity contribution >= 4 is 23.9 Å². The molecule has 118 valence electrons. The summed E-state index contributed by atoms with van der Waals surface area (Å²) in [6, 6.07) is 7.82. The maximum absolute atomic E-state index is 11.7. The molecule has 1 aromatic carbocycles. The van der Waals surface area contributed by atoms with Gasteiger partial charge in [-0.25, -0.2) is 9.48 Å². The molecule has 22 heavy (non-hydrogen) atoms. The Labute approximate surface area is 134 Å². The van der Waals surface area contributed by atoms with E-state index < -0.39 is 5.97 Å². The lowest BCUT2D eigenvalue weighted by Crippen LogP contribution is -2.07. The molecular formula is C16H19ClN2O3. The highest BCUT2D eigenvalue weighted by Crippen LogP contribution is 2.24. The average molecular weight is 323 g/mol. The van der Waals surface area contributed by atoms with E-state index in [2.05, 4.69) is 5.10 Å². The second-order valence-electron chi connectivity index (χ2n) is 4.45. The second-order valence-corrected chi connectivity index (χ2v) is 4.83. The highest BCUT2D eigenvalue weighted by Gasteiger charge is 2.21. The van der Waals surface area contributed by atoms with Gasteiger partial charge in [0.2, 0.25) is 0 Å². The van der Waals surface area contributed by atoms with Gasteiger partial charge in [-0.05, 0) is 45.4 Å². The van der Waals surface area contributed by atoms with Crippen LogP contribution in [0.1, 0.15) is 35.6 Å². The molecule has 0 amide bonds. The zero-order chi connectivity index (χ0) is 16.7. The lowest BCUT2D eigenvalue weighted by molar-refractivity contribution is -0.106. The van der Waals surface area contributed by atoms with Crippen LogP contribution >= 0.6 is 11.6 Å². The molecule has 0 unspecified atom stereocenters. The predicted octanol–water partition coefficient (Wildman–Crippen LogP) is 3.52. The molecule has 0 aliphatic heterocycles. The fourth-order valence-corrected chi connectivity index (χ4v) is 2.02. The second kappa shape index (κ2) is 8.34. The van der Waals surface area contributed by atoms with E-state index in [0.29, 0.717) is 11.6 Å². The third-order valence-corrected chi connectivity index (χ3v) is 3.21. The van der Waals surface area contributed by atoms with Crippen LogP contribution in [-0.4, -0.2) is 28.6 Å². The van der Waals surface area contributed by atoms with Crippen molar-refractivity contribution in [2.75, 3.05) is 6.61 Å². The maximum atomic E-state index is 11.7. The van der Waals surface area contributed by atoms with Gasteiger partial charge >= 0.3 is 5.97 Å². The standard InChI is InChI=1S/C14H15ClN2O2.C2H4O/c1-4-19-14(18)13-12(15)10(3)17(16-13)11-7-5-6-9(2)8-11;1-2-3/h5-8H,4H2,1-3H3;2H,1H3. The number of hydrogen-bond donors (Lipinski definition) is 0. The number of ether oxygens (including phenoxy) is 1. The van der Waals surface area contributed by atoms with Gasteiger partial charge in [0.05, 0.1) is 23.0 Å². The van der Waals surface area contributed by atoms with E-state index in [1.165, 1.54) is 6.92 Å². The molecule has 1 heterocycles. The van der Waals surface area contributed by atoms with Crippen molar-refractivity contribution in [3.63, 3.8) is 0 Å². The number of carbonyl (C=O) groups excluding carboxylic acids is 2. The fraction of sp³-hybridized carbons (Fsp3) is 0.312. The number of aryl methyl sites for hydroxylation is 1. The summed E-state index contributed by atoms with van der Waals surface area (Å²) in [7, 11) is 0. The smallest absolute Gasteiger partial charge is 0.360 e. The van der Waals surface area contributed by atoms with Crippen LogP contribution in [0.5, 0.6) is 0 Å². The molecule has 0 N–H and O–H groups in total. The number of nitrogens with zero attached hydrogens (tertiary/aromatic N) is 2. The van der Waals surface area contributed by atoms with Gasteiger partial charge in [-0.1, -0.05) is 23.7 Å². The summed E-state index contributed by atoms with van der Waals surface area (Å²) in [6.45, 7) is 7.30. The van der Waals surface area contributed by atoms with E-state index in [9.17, 15) is 4.79 Å². The van der Waals surface area contributed by atoms with Crippen LogP contribution in [0.3, 0.4) is 0 Å². The van der Waals surface area contributed by atoms with Crippen molar-refractivity contribution in [3.05, 3.63) is 46.2 Å². The Morgan fingerprint density at radius 1 is 1.41 bits per heavy atom. The van der Waals surface area contributed by atoms with Crippen molar-refractivity contribution in [1.82, 2.24) is 9.78 Å². The molecule has 6 heteroatoms. The number of carbonyl (C=O) groups is 2. The van der Waals surface area contributed by atoms with Crippen molar-refractivity contribution in [2.45, 2.75) is 27.7 Å². The Morgan fingerprint density at radius 2 is 2.05 bits per heavy atom. The maximum Gasteiger partial charge on any atom is 0.360 e. The third kappa shape index (κ3) is 4.18.